The van der Waals surface area contributed by atoms with Crippen molar-refractivity contribution in [3.05, 3.63) is 22.8 Å². The Hall–Kier alpha value is -1.91. The molecule has 20 heavy (non-hydrogen) atoms. The molecule has 2 aliphatic rings. The van der Waals surface area contributed by atoms with Crippen molar-refractivity contribution >= 4 is 17.7 Å². The van der Waals surface area contributed by atoms with Crippen LogP contribution in [0.2, 0.25) is 0 Å². The average molecular weight is 278 g/mol. The van der Waals surface area contributed by atoms with Crippen molar-refractivity contribution in [2.75, 3.05) is 13.7 Å². The zero-order chi connectivity index (χ0) is 14.7. The standard InChI is InChI=1S/C15H18O5/c1-9(16)3-4-10-7-11-5-6-20-15(18)13(11)12(8-10)14(17)19-2/h7,11H,3-6,8H2,1-2H3. The fraction of sp³-hybridized carbons (Fsp3) is 0.533. The van der Waals surface area contributed by atoms with Gasteiger partial charge >= 0.3 is 11.9 Å². The molecule has 1 aliphatic carbocycles. The largest absolute Gasteiger partial charge is 0.466 e. The van der Waals surface area contributed by atoms with E-state index in [2.05, 4.69) is 0 Å². The summed E-state index contributed by atoms with van der Waals surface area (Å²) in [6.07, 6.45) is 4.11. The molecular weight excluding hydrogens is 260 g/mol. The number of rotatable bonds is 4. The van der Waals surface area contributed by atoms with Gasteiger partial charge in [0.25, 0.3) is 0 Å². The molecule has 1 aliphatic heterocycles. The lowest BCUT2D eigenvalue weighted by molar-refractivity contribution is -0.144. The zero-order valence-corrected chi connectivity index (χ0v) is 11.7. The quantitative estimate of drug-likeness (QED) is 0.578. The van der Waals surface area contributed by atoms with Crippen LogP contribution in [-0.2, 0) is 23.9 Å². The number of hydrogen-bond acceptors (Lipinski definition) is 5. The smallest absolute Gasteiger partial charge is 0.335 e. The van der Waals surface area contributed by atoms with Crippen molar-refractivity contribution in [1.29, 1.82) is 0 Å². The molecule has 108 valence electrons. The molecule has 0 radical (unpaired) electrons. The lowest BCUT2D eigenvalue weighted by Crippen LogP contribution is -2.29. The molecule has 1 unspecified atom stereocenters. The molecule has 0 saturated carbocycles. The molecule has 1 heterocycles. The topological polar surface area (TPSA) is 69.7 Å². The Labute approximate surface area is 117 Å². The molecule has 1 fully saturated rings. The summed E-state index contributed by atoms with van der Waals surface area (Å²) in [4.78, 5) is 34.8. The highest BCUT2D eigenvalue weighted by molar-refractivity contribution is 6.02. The Balaban J connectivity index is 2.27. The van der Waals surface area contributed by atoms with E-state index in [0.29, 0.717) is 43.4 Å². The summed E-state index contributed by atoms with van der Waals surface area (Å²) in [5.74, 6) is -0.898. The van der Waals surface area contributed by atoms with Crippen LogP contribution in [0.3, 0.4) is 0 Å². The zero-order valence-electron chi connectivity index (χ0n) is 11.7. The molecule has 0 spiro atoms. The number of fused-ring (bicyclic) bond motifs is 1. The number of Topliss-reactive ketones (excluding diaryl/α,β-unsaturated/α-hetero) is 1. The summed E-state index contributed by atoms with van der Waals surface area (Å²) in [6, 6.07) is 0. The summed E-state index contributed by atoms with van der Waals surface area (Å²) in [5.41, 5.74) is 1.82. The van der Waals surface area contributed by atoms with Gasteiger partial charge in [-0.2, -0.15) is 0 Å². The second kappa shape index (κ2) is 6.03. The molecule has 0 aromatic carbocycles. The van der Waals surface area contributed by atoms with Gasteiger partial charge in [-0.3, -0.25) is 0 Å². The number of carbonyl (C=O) groups excluding carboxylic acids is 3. The highest BCUT2D eigenvalue weighted by atomic mass is 16.5. The van der Waals surface area contributed by atoms with Crippen molar-refractivity contribution in [1.82, 2.24) is 0 Å². The van der Waals surface area contributed by atoms with E-state index in [-0.39, 0.29) is 11.7 Å². The molecular formula is C15H18O5. The van der Waals surface area contributed by atoms with Crippen LogP contribution in [0.25, 0.3) is 0 Å². The number of ether oxygens (including phenoxy) is 2. The lowest BCUT2D eigenvalue weighted by atomic mass is 9.80. The first-order valence-electron chi connectivity index (χ1n) is 6.70. The number of carbonyl (C=O) groups is 3. The van der Waals surface area contributed by atoms with Crippen LogP contribution in [0.15, 0.2) is 22.8 Å². The van der Waals surface area contributed by atoms with E-state index in [0.717, 1.165) is 5.57 Å². The number of esters is 2. The van der Waals surface area contributed by atoms with Crippen LogP contribution in [0.5, 0.6) is 0 Å². The Kier molecular flexibility index (Phi) is 4.37. The average Bonchev–Trinajstić information content (AvgIpc) is 2.43. The van der Waals surface area contributed by atoms with Crippen molar-refractivity contribution < 1.29 is 23.9 Å². The maximum absolute atomic E-state index is 11.9. The van der Waals surface area contributed by atoms with Gasteiger partial charge in [-0.25, -0.2) is 9.59 Å². The van der Waals surface area contributed by atoms with Crippen LogP contribution in [0.1, 0.15) is 32.6 Å². The first kappa shape index (κ1) is 14.5. The van der Waals surface area contributed by atoms with Crippen molar-refractivity contribution in [3.8, 4) is 0 Å². The number of methoxy groups -OCH3 is 1. The maximum atomic E-state index is 11.9. The molecule has 5 heteroatoms. The molecule has 0 N–H and O–H groups in total. The third-order valence-electron chi connectivity index (χ3n) is 3.65. The Bertz CT molecular complexity index is 512. The minimum atomic E-state index is -0.489. The number of allylic oxidation sites excluding steroid dienone is 2. The molecule has 1 saturated heterocycles. The molecule has 0 amide bonds. The number of cyclic esters (lactones) is 1. The van der Waals surface area contributed by atoms with Crippen LogP contribution in [0, 0.1) is 5.92 Å². The van der Waals surface area contributed by atoms with Gasteiger partial charge in [0.15, 0.2) is 0 Å². The van der Waals surface area contributed by atoms with Gasteiger partial charge in [0.2, 0.25) is 0 Å². The minimum Gasteiger partial charge on any atom is -0.466 e. The SMILES string of the molecule is COC(=O)C1=C2C(=O)OCCC2C=C(CCC(C)=O)C1. The van der Waals surface area contributed by atoms with E-state index >= 15 is 0 Å². The molecule has 1 atom stereocenters. The molecule has 0 bridgehead atoms. The monoisotopic (exact) mass is 278 g/mol. The van der Waals surface area contributed by atoms with Gasteiger partial charge in [0.1, 0.15) is 5.78 Å². The van der Waals surface area contributed by atoms with Gasteiger partial charge in [0.05, 0.1) is 24.9 Å². The summed E-state index contributed by atoms with van der Waals surface area (Å²) in [6.45, 7) is 1.90. The van der Waals surface area contributed by atoms with E-state index in [1.807, 2.05) is 6.08 Å². The van der Waals surface area contributed by atoms with E-state index in [4.69, 9.17) is 9.47 Å². The summed E-state index contributed by atoms with van der Waals surface area (Å²) in [7, 11) is 1.30. The highest BCUT2D eigenvalue weighted by Gasteiger charge is 2.35. The molecule has 0 aromatic heterocycles. The van der Waals surface area contributed by atoms with E-state index in [1.165, 1.54) is 7.11 Å². The first-order valence-corrected chi connectivity index (χ1v) is 6.70. The van der Waals surface area contributed by atoms with E-state index < -0.39 is 11.9 Å². The van der Waals surface area contributed by atoms with Crippen molar-refractivity contribution in [3.63, 3.8) is 0 Å². The Morgan fingerprint density at radius 2 is 2.20 bits per heavy atom. The lowest BCUT2D eigenvalue weighted by Gasteiger charge is -2.29. The van der Waals surface area contributed by atoms with Crippen LogP contribution in [-0.4, -0.2) is 31.4 Å². The Morgan fingerprint density at radius 3 is 2.85 bits per heavy atom. The van der Waals surface area contributed by atoms with Gasteiger partial charge in [0, 0.05) is 18.8 Å². The number of hydrogen-bond donors (Lipinski definition) is 0. The third kappa shape index (κ3) is 2.98. The van der Waals surface area contributed by atoms with Crippen LogP contribution in [0.4, 0.5) is 0 Å². The van der Waals surface area contributed by atoms with Gasteiger partial charge in [-0.05, 0) is 19.8 Å². The fourth-order valence-corrected chi connectivity index (χ4v) is 2.65. The van der Waals surface area contributed by atoms with E-state index in [9.17, 15) is 14.4 Å². The summed E-state index contributed by atoms with van der Waals surface area (Å²) >= 11 is 0. The van der Waals surface area contributed by atoms with E-state index in [1.54, 1.807) is 6.92 Å². The maximum Gasteiger partial charge on any atom is 0.335 e. The van der Waals surface area contributed by atoms with Crippen LogP contribution < -0.4 is 0 Å². The second-order valence-corrected chi connectivity index (χ2v) is 5.12. The molecule has 2 rings (SSSR count). The molecule has 5 nitrogen and oxygen atoms in total. The minimum absolute atomic E-state index is 0.0962. The van der Waals surface area contributed by atoms with Gasteiger partial charge < -0.3 is 14.3 Å². The fourth-order valence-electron chi connectivity index (χ4n) is 2.65. The van der Waals surface area contributed by atoms with Gasteiger partial charge in [-0.15, -0.1) is 0 Å². The predicted octanol–water partition coefficient (Wildman–Crippen LogP) is 1.72. The normalized spacial score (nSPS) is 21.8. The highest BCUT2D eigenvalue weighted by Crippen LogP contribution is 2.36. The van der Waals surface area contributed by atoms with Crippen molar-refractivity contribution in [2.24, 2.45) is 5.92 Å². The van der Waals surface area contributed by atoms with Crippen molar-refractivity contribution in [2.45, 2.75) is 32.6 Å². The third-order valence-corrected chi connectivity index (χ3v) is 3.65. The summed E-state index contributed by atoms with van der Waals surface area (Å²) < 4.78 is 9.78. The summed E-state index contributed by atoms with van der Waals surface area (Å²) in [5, 5.41) is 0. The predicted molar refractivity (Wildman–Crippen MR) is 70.7 cm³/mol. The van der Waals surface area contributed by atoms with Gasteiger partial charge in [-0.1, -0.05) is 11.6 Å². The Morgan fingerprint density at radius 1 is 1.45 bits per heavy atom. The van der Waals surface area contributed by atoms with Crippen LogP contribution >= 0.6 is 0 Å². The second-order valence-electron chi connectivity index (χ2n) is 5.12. The number of ketones is 1. The first-order chi connectivity index (χ1) is 9.52. The molecule has 0 aromatic rings.